The van der Waals surface area contributed by atoms with Gasteiger partial charge in [-0.15, -0.1) is 0 Å². The molecule has 0 spiro atoms. The topological polar surface area (TPSA) is 26.3 Å². The lowest BCUT2D eigenvalue weighted by molar-refractivity contribution is 0.619. The quantitative estimate of drug-likeness (QED) is 0.185. The SMILES string of the molecule is c1ccc(-c2ccccc2-c2c3ccccc3c(-c3cccc4oc5ccc6c(-c7ccccc7)coc6c5c34)c3ccccc23)cc1. The third-order valence-corrected chi connectivity index (χ3v) is 9.77. The summed E-state index contributed by atoms with van der Waals surface area (Å²) in [4.78, 5) is 0. The van der Waals surface area contributed by atoms with E-state index in [0.29, 0.717) is 0 Å². The standard InChI is InChI=1S/C46H28O2/c1-3-14-29(15-4-1)31-18-7-8-19-32(31)42-33-20-9-11-22-35(33)43(36-23-12-10-21-34(36)42)38-24-13-25-40-44(38)45-41(48-40)27-26-37-39(28-47-46(37)45)30-16-5-2-6-17-30/h1-28H. The number of hydrogen-bond donors (Lipinski definition) is 0. The summed E-state index contributed by atoms with van der Waals surface area (Å²) in [6.45, 7) is 0. The van der Waals surface area contributed by atoms with Crippen molar-refractivity contribution < 1.29 is 8.83 Å². The molecule has 2 aromatic heterocycles. The van der Waals surface area contributed by atoms with Gasteiger partial charge in [-0.25, -0.2) is 0 Å². The first-order chi connectivity index (χ1) is 23.8. The van der Waals surface area contributed by atoms with Crippen LogP contribution in [0.3, 0.4) is 0 Å². The molecule has 0 amide bonds. The van der Waals surface area contributed by atoms with E-state index in [1.54, 1.807) is 0 Å². The van der Waals surface area contributed by atoms with Gasteiger partial charge in [0, 0.05) is 16.3 Å². The Hall–Kier alpha value is -6.38. The van der Waals surface area contributed by atoms with Gasteiger partial charge in [0.25, 0.3) is 0 Å². The molecular weight excluding hydrogens is 585 g/mol. The molecule has 0 saturated heterocycles. The Labute approximate surface area is 277 Å². The van der Waals surface area contributed by atoms with Gasteiger partial charge >= 0.3 is 0 Å². The molecule has 0 aliphatic rings. The Morgan fingerprint density at radius 3 is 1.46 bits per heavy atom. The average molecular weight is 613 g/mol. The van der Waals surface area contributed by atoms with Crippen molar-refractivity contribution >= 4 is 54.5 Å². The highest BCUT2D eigenvalue weighted by molar-refractivity contribution is 6.28. The van der Waals surface area contributed by atoms with Gasteiger partial charge in [0.05, 0.1) is 11.6 Å². The maximum Gasteiger partial charge on any atom is 0.146 e. The Morgan fingerprint density at radius 1 is 0.312 bits per heavy atom. The van der Waals surface area contributed by atoms with Crippen molar-refractivity contribution in [2.75, 3.05) is 0 Å². The van der Waals surface area contributed by atoms with Crippen molar-refractivity contribution in [3.8, 4) is 44.5 Å². The van der Waals surface area contributed by atoms with E-state index in [9.17, 15) is 0 Å². The summed E-state index contributed by atoms with van der Waals surface area (Å²) >= 11 is 0. The summed E-state index contributed by atoms with van der Waals surface area (Å²) in [5.74, 6) is 0. The Bertz CT molecular complexity index is 2760. The van der Waals surface area contributed by atoms with Crippen molar-refractivity contribution in [1.29, 1.82) is 0 Å². The van der Waals surface area contributed by atoms with Crippen LogP contribution in [-0.2, 0) is 0 Å². The lowest BCUT2D eigenvalue weighted by Gasteiger charge is -2.20. The second-order valence-electron chi connectivity index (χ2n) is 12.4. The minimum absolute atomic E-state index is 0.820. The minimum Gasteiger partial charge on any atom is -0.463 e. The zero-order chi connectivity index (χ0) is 31.6. The molecule has 0 fully saturated rings. The van der Waals surface area contributed by atoms with Crippen molar-refractivity contribution in [1.82, 2.24) is 0 Å². The lowest BCUT2D eigenvalue weighted by Crippen LogP contribution is -1.93. The Balaban J connectivity index is 1.32. The molecule has 8 aromatic carbocycles. The molecule has 10 rings (SSSR count). The Morgan fingerprint density at radius 2 is 0.812 bits per heavy atom. The zero-order valence-corrected chi connectivity index (χ0v) is 26.0. The van der Waals surface area contributed by atoms with E-state index >= 15 is 0 Å². The van der Waals surface area contributed by atoms with Crippen LogP contribution in [0.2, 0.25) is 0 Å². The molecule has 0 atom stereocenters. The summed E-state index contributed by atoms with van der Waals surface area (Å²) in [5.41, 5.74) is 11.9. The second kappa shape index (κ2) is 10.6. The van der Waals surface area contributed by atoms with E-state index in [0.717, 1.165) is 49.6 Å². The molecule has 0 saturated carbocycles. The molecule has 48 heavy (non-hydrogen) atoms. The van der Waals surface area contributed by atoms with Gasteiger partial charge in [-0.3, -0.25) is 0 Å². The van der Waals surface area contributed by atoms with Crippen LogP contribution in [0.25, 0.3) is 99.0 Å². The molecule has 2 nitrogen and oxygen atoms in total. The van der Waals surface area contributed by atoms with Gasteiger partial charge in [-0.05, 0) is 78.7 Å². The number of hydrogen-bond acceptors (Lipinski definition) is 2. The fourth-order valence-electron chi connectivity index (χ4n) is 7.72. The second-order valence-corrected chi connectivity index (χ2v) is 12.4. The van der Waals surface area contributed by atoms with Gasteiger partial charge in [-0.1, -0.05) is 146 Å². The van der Waals surface area contributed by atoms with Crippen LogP contribution in [0.15, 0.2) is 179 Å². The average Bonchev–Trinajstić information content (AvgIpc) is 3.76. The van der Waals surface area contributed by atoms with Crippen LogP contribution in [0.4, 0.5) is 0 Å². The maximum absolute atomic E-state index is 6.56. The largest absolute Gasteiger partial charge is 0.463 e. The fourth-order valence-corrected chi connectivity index (χ4v) is 7.72. The molecule has 2 heteroatoms. The normalized spacial score (nSPS) is 11.8. The summed E-state index contributed by atoms with van der Waals surface area (Å²) in [7, 11) is 0. The molecule has 224 valence electrons. The summed E-state index contributed by atoms with van der Waals surface area (Å²) in [6.07, 6.45) is 1.88. The van der Waals surface area contributed by atoms with Crippen LogP contribution in [-0.4, -0.2) is 0 Å². The van der Waals surface area contributed by atoms with Crippen LogP contribution < -0.4 is 0 Å². The van der Waals surface area contributed by atoms with Gasteiger partial charge < -0.3 is 8.83 Å². The first-order valence-electron chi connectivity index (χ1n) is 16.3. The van der Waals surface area contributed by atoms with Crippen LogP contribution in [0.1, 0.15) is 0 Å². The van der Waals surface area contributed by atoms with Crippen molar-refractivity contribution in [3.05, 3.63) is 170 Å². The summed E-state index contributed by atoms with van der Waals surface area (Å²) in [6, 6.07) is 58.2. The monoisotopic (exact) mass is 612 g/mol. The number of furan rings is 2. The lowest BCUT2D eigenvalue weighted by atomic mass is 9.83. The van der Waals surface area contributed by atoms with E-state index in [1.165, 1.54) is 49.4 Å². The molecule has 0 radical (unpaired) electrons. The molecule has 10 aromatic rings. The highest BCUT2D eigenvalue weighted by Gasteiger charge is 2.23. The summed E-state index contributed by atoms with van der Waals surface area (Å²) in [5, 5.41) is 7.99. The third kappa shape index (κ3) is 3.93. The fraction of sp³-hybridized carbons (Fsp3) is 0. The molecule has 2 heterocycles. The Kier molecular flexibility index (Phi) is 5.91. The van der Waals surface area contributed by atoms with E-state index in [1.807, 2.05) is 12.3 Å². The zero-order valence-electron chi connectivity index (χ0n) is 26.0. The van der Waals surface area contributed by atoms with Crippen LogP contribution in [0, 0.1) is 0 Å². The molecule has 0 N–H and O–H groups in total. The minimum atomic E-state index is 0.820. The highest BCUT2D eigenvalue weighted by Crippen LogP contribution is 2.49. The van der Waals surface area contributed by atoms with E-state index in [4.69, 9.17) is 8.83 Å². The highest BCUT2D eigenvalue weighted by atomic mass is 16.3. The molecule has 0 bridgehead atoms. The third-order valence-electron chi connectivity index (χ3n) is 9.77. The van der Waals surface area contributed by atoms with Crippen molar-refractivity contribution in [2.24, 2.45) is 0 Å². The first kappa shape index (κ1) is 26.8. The molecular formula is C46H28O2. The smallest absolute Gasteiger partial charge is 0.146 e. The van der Waals surface area contributed by atoms with Crippen molar-refractivity contribution in [3.63, 3.8) is 0 Å². The van der Waals surface area contributed by atoms with Gasteiger partial charge in [0.2, 0.25) is 0 Å². The predicted molar refractivity (Wildman–Crippen MR) is 200 cm³/mol. The van der Waals surface area contributed by atoms with Gasteiger partial charge in [0.1, 0.15) is 16.7 Å². The number of benzene rings is 8. The molecule has 0 unspecified atom stereocenters. The van der Waals surface area contributed by atoms with Gasteiger partial charge in [0.15, 0.2) is 0 Å². The predicted octanol–water partition coefficient (Wildman–Crippen LogP) is 13.3. The van der Waals surface area contributed by atoms with E-state index in [-0.39, 0.29) is 0 Å². The van der Waals surface area contributed by atoms with Crippen LogP contribution >= 0.6 is 0 Å². The summed E-state index contributed by atoms with van der Waals surface area (Å²) < 4.78 is 13.0. The maximum atomic E-state index is 6.56. The van der Waals surface area contributed by atoms with Gasteiger partial charge in [-0.2, -0.15) is 0 Å². The van der Waals surface area contributed by atoms with Crippen LogP contribution in [0.5, 0.6) is 0 Å². The number of rotatable bonds is 4. The van der Waals surface area contributed by atoms with E-state index in [2.05, 4.69) is 158 Å². The first-order valence-corrected chi connectivity index (χ1v) is 16.3. The number of fused-ring (bicyclic) bond motifs is 7. The molecule has 0 aliphatic carbocycles. The van der Waals surface area contributed by atoms with E-state index < -0.39 is 0 Å². The molecule has 0 aliphatic heterocycles. The van der Waals surface area contributed by atoms with Crippen molar-refractivity contribution in [2.45, 2.75) is 0 Å².